The van der Waals surface area contributed by atoms with Crippen molar-refractivity contribution in [3.05, 3.63) is 28.8 Å². The van der Waals surface area contributed by atoms with Gasteiger partial charge in [0.2, 0.25) is 0 Å². The third kappa shape index (κ3) is 2.42. The number of aromatic hydroxyl groups is 1. The summed E-state index contributed by atoms with van der Waals surface area (Å²) in [5.74, 6) is 0.236. The Labute approximate surface area is 96.3 Å². The first-order chi connectivity index (χ1) is 7.49. The number of benzene rings is 1. The first-order valence-corrected chi connectivity index (χ1v) is 5.54. The minimum absolute atomic E-state index is 0.0765. The molecule has 0 aromatic heterocycles. The molecule has 0 saturated heterocycles. The zero-order chi connectivity index (χ0) is 12.3. The number of carbonyl (C=O) groups is 1. The van der Waals surface area contributed by atoms with Crippen molar-refractivity contribution in [3.63, 3.8) is 0 Å². The maximum atomic E-state index is 11.9. The second kappa shape index (κ2) is 5.12. The number of hydrogen-bond donors (Lipinski definition) is 2. The van der Waals surface area contributed by atoms with Crippen molar-refractivity contribution in [2.75, 3.05) is 6.54 Å². The quantitative estimate of drug-likeness (QED) is 0.767. The van der Waals surface area contributed by atoms with E-state index in [1.807, 2.05) is 26.0 Å². The van der Waals surface area contributed by atoms with E-state index in [1.54, 1.807) is 6.92 Å². The summed E-state index contributed by atoms with van der Waals surface area (Å²) in [6.45, 7) is 6.11. The van der Waals surface area contributed by atoms with E-state index < -0.39 is 0 Å². The lowest BCUT2D eigenvalue weighted by Crippen LogP contribution is -2.11. The lowest BCUT2D eigenvalue weighted by Gasteiger charge is -2.14. The van der Waals surface area contributed by atoms with Crippen LogP contribution >= 0.6 is 0 Å². The molecule has 3 heteroatoms. The van der Waals surface area contributed by atoms with Gasteiger partial charge in [-0.1, -0.05) is 26.0 Å². The van der Waals surface area contributed by atoms with Crippen LogP contribution in [0.25, 0.3) is 0 Å². The number of nitrogens with two attached hydrogens (primary N) is 1. The largest absolute Gasteiger partial charge is 0.507 e. The monoisotopic (exact) mass is 221 g/mol. The van der Waals surface area contributed by atoms with Crippen molar-refractivity contribution >= 4 is 5.78 Å². The molecule has 0 atom stereocenters. The number of phenols is 1. The highest BCUT2D eigenvalue weighted by Crippen LogP contribution is 2.31. The molecule has 0 bridgehead atoms. The summed E-state index contributed by atoms with van der Waals surface area (Å²) in [5.41, 5.74) is 7.44. The highest BCUT2D eigenvalue weighted by Gasteiger charge is 2.18. The molecule has 0 saturated carbocycles. The van der Waals surface area contributed by atoms with Crippen molar-refractivity contribution in [2.45, 2.75) is 33.1 Å². The molecule has 16 heavy (non-hydrogen) atoms. The standard InChI is InChI=1S/C13H19NO2/c1-8(2)10-5-4-9(3)13(16)12(10)11(15)6-7-14/h4-5,8,16H,6-7,14H2,1-3H3. The van der Waals surface area contributed by atoms with E-state index in [-0.39, 0.29) is 23.9 Å². The zero-order valence-corrected chi connectivity index (χ0v) is 10.1. The second-order valence-corrected chi connectivity index (χ2v) is 4.31. The summed E-state index contributed by atoms with van der Waals surface area (Å²) in [5, 5.41) is 9.96. The summed E-state index contributed by atoms with van der Waals surface area (Å²) in [7, 11) is 0. The van der Waals surface area contributed by atoms with Crippen LogP contribution in [0.15, 0.2) is 12.1 Å². The molecular formula is C13H19NO2. The van der Waals surface area contributed by atoms with E-state index in [2.05, 4.69) is 0 Å². The zero-order valence-electron chi connectivity index (χ0n) is 10.1. The normalized spacial score (nSPS) is 10.8. The molecule has 3 N–H and O–H groups in total. The first kappa shape index (κ1) is 12.7. The number of Topliss-reactive ketones (excluding diaryl/α,β-unsaturated/α-hetero) is 1. The van der Waals surface area contributed by atoms with E-state index >= 15 is 0 Å². The Morgan fingerprint density at radius 1 is 1.44 bits per heavy atom. The third-order valence-corrected chi connectivity index (χ3v) is 2.68. The third-order valence-electron chi connectivity index (χ3n) is 2.68. The number of phenolic OH excluding ortho intramolecular Hbond substituents is 1. The summed E-state index contributed by atoms with van der Waals surface area (Å²) < 4.78 is 0. The number of ketones is 1. The van der Waals surface area contributed by atoms with Crippen molar-refractivity contribution < 1.29 is 9.90 Å². The number of hydrogen-bond acceptors (Lipinski definition) is 3. The van der Waals surface area contributed by atoms with E-state index in [0.29, 0.717) is 12.1 Å². The van der Waals surface area contributed by atoms with Crippen LogP contribution in [-0.4, -0.2) is 17.4 Å². The van der Waals surface area contributed by atoms with Gasteiger partial charge in [-0.25, -0.2) is 0 Å². The van der Waals surface area contributed by atoms with E-state index in [1.165, 1.54) is 0 Å². The molecule has 0 unspecified atom stereocenters. The molecule has 0 amide bonds. The van der Waals surface area contributed by atoms with E-state index in [0.717, 1.165) is 11.1 Å². The Hall–Kier alpha value is -1.35. The lowest BCUT2D eigenvalue weighted by molar-refractivity contribution is 0.0981. The molecule has 1 rings (SSSR count). The Kier molecular flexibility index (Phi) is 4.07. The fraction of sp³-hybridized carbons (Fsp3) is 0.462. The molecule has 0 radical (unpaired) electrons. The van der Waals surface area contributed by atoms with Crippen LogP contribution < -0.4 is 5.73 Å². The van der Waals surface area contributed by atoms with Crippen molar-refractivity contribution in [1.82, 2.24) is 0 Å². The molecule has 0 heterocycles. The predicted molar refractivity (Wildman–Crippen MR) is 64.9 cm³/mol. The van der Waals surface area contributed by atoms with Gasteiger partial charge in [-0.15, -0.1) is 0 Å². The maximum absolute atomic E-state index is 11.9. The Bertz CT molecular complexity index is 397. The Morgan fingerprint density at radius 2 is 2.06 bits per heavy atom. The molecule has 88 valence electrons. The Morgan fingerprint density at radius 3 is 2.56 bits per heavy atom. The van der Waals surface area contributed by atoms with Crippen LogP contribution in [0.1, 0.15) is 47.7 Å². The highest BCUT2D eigenvalue weighted by molar-refractivity contribution is 6.00. The van der Waals surface area contributed by atoms with E-state index in [4.69, 9.17) is 5.73 Å². The summed E-state index contributed by atoms with van der Waals surface area (Å²) in [6, 6.07) is 3.74. The van der Waals surface area contributed by atoms with Gasteiger partial charge in [0.1, 0.15) is 5.75 Å². The van der Waals surface area contributed by atoms with Crippen molar-refractivity contribution in [3.8, 4) is 5.75 Å². The molecule has 1 aromatic rings. The van der Waals surface area contributed by atoms with Crippen molar-refractivity contribution in [1.29, 1.82) is 0 Å². The molecule has 0 aliphatic carbocycles. The second-order valence-electron chi connectivity index (χ2n) is 4.31. The predicted octanol–water partition coefficient (Wildman–Crippen LogP) is 2.36. The minimum Gasteiger partial charge on any atom is -0.507 e. The van der Waals surface area contributed by atoms with Gasteiger partial charge in [0.25, 0.3) is 0 Å². The van der Waals surface area contributed by atoms with Gasteiger partial charge in [0, 0.05) is 6.42 Å². The van der Waals surface area contributed by atoms with Gasteiger partial charge in [0.05, 0.1) is 5.56 Å². The van der Waals surface area contributed by atoms with Crippen LogP contribution in [0.4, 0.5) is 0 Å². The topological polar surface area (TPSA) is 63.3 Å². The van der Waals surface area contributed by atoms with Gasteiger partial charge in [-0.2, -0.15) is 0 Å². The molecular weight excluding hydrogens is 202 g/mol. The maximum Gasteiger partial charge on any atom is 0.168 e. The molecule has 0 aliphatic heterocycles. The fourth-order valence-corrected chi connectivity index (χ4v) is 1.74. The van der Waals surface area contributed by atoms with Crippen LogP contribution in [0.2, 0.25) is 0 Å². The first-order valence-electron chi connectivity index (χ1n) is 5.54. The van der Waals surface area contributed by atoms with Gasteiger partial charge in [-0.3, -0.25) is 4.79 Å². The van der Waals surface area contributed by atoms with Crippen LogP contribution in [0.5, 0.6) is 5.75 Å². The number of aryl methyl sites for hydroxylation is 1. The van der Waals surface area contributed by atoms with Gasteiger partial charge in [0.15, 0.2) is 5.78 Å². The molecule has 1 aromatic carbocycles. The SMILES string of the molecule is Cc1ccc(C(C)C)c(C(=O)CCN)c1O. The average molecular weight is 221 g/mol. The minimum atomic E-state index is -0.0765. The summed E-state index contributed by atoms with van der Waals surface area (Å²) >= 11 is 0. The van der Waals surface area contributed by atoms with Gasteiger partial charge in [-0.05, 0) is 30.5 Å². The average Bonchev–Trinajstić information content (AvgIpc) is 2.21. The molecule has 0 aliphatic rings. The summed E-state index contributed by atoms with van der Waals surface area (Å²) in [4.78, 5) is 11.9. The Balaban J connectivity index is 3.31. The number of carbonyl (C=O) groups excluding carboxylic acids is 1. The van der Waals surface area contributed by atoms with Crippen molar-refractivity contribution in [2.24, 2.45) is 5.73 Å². The molecule has 0 fully saturated rings. The van der Waals surface area contributed by atoms with E-state index in [9.17, 15) is 9.90 Å². The lowest BCUT2D eigenvalue weighted by atomic mass is 9.91. The molecule has 0 spiro atoms. The summed E-state index contributed by atoms with van der Waals surface area (Å²) in [6.07, 6.45) is 0.275. The fourth-order valence-electron chi connectivity index (χ4n) is 1.74. The van der Waals surface area contributed by atoms with Gasteiger partial charge < -0.3 is 10.8 Å². The smallest absolute Gasteiger partial charge is 0.168 e. The van der Waals surface area contributed by atoms with Crippen LogP contribution in [0.3, 0.4) is 0 Å². The number of rotatable bonds is 4. The highest BCUT2D eigenvalue weighted by atomic mass is 16.3. The molecule has 3 nitrogen and oxygen atoms in total. The van der Waals surface area contributed by atoms with Gasteiger partial charge >= 0.3 is 0 Å². The van der Waals surface area contributed by atoms with Crippen LogP contribution in [-0.2, 0) is 0 Å². The van der Waals surface area contributed by atoms with Crippen LogP contribution in [0, 0.1) is 6.92 Å².